The lowest BCUT2D eigenvalue weighted by atomic mass is 9.98. The van der Waals surface area contributed by atoms with E-state index in [0.717, 1.165) is 77.0 Å². The number of hydrogen-bond donors (Lipinski definition) is 7. The molecule has 2 rings (SSSR count). The third-order valence-electron chi connectivity index (χ3n) is 11.7. The fourth-order valence-electron chi connectivity index (χ4n) is 7.41. The van der Waals surface area contributed by atoms with E-state index in [4.69, 9.17) is 28.4 Å². The van der Waals surface area contributed by atoms with Gasteiger partial charge in [-0.25, -0.2) is 0 Å². The molecule has 0 radical (unpaired) electrons. The zero-order valence-electron chi connectivity index (χ0n) is 43.1. The summed E-state index contributed by atoms with van der Waals surface area (Å²) in [6.07, 6.45) is 38.3. The number of hydrogen-bond acceptors (Lipinski definition) is 15. The molecular formula is C57H90O15. The predicted molar refractivity (Wildman–Crippen MR) is 279 cm³/mol. The summed E-state index contributed by atoms with van der Waals surface area (Å²) in [6, 6.07) is 0. The maximum Gasteiger partial charge on any atom is 0.306 e. The standard InChI is InChI=1S/C57H90O15/c1-3-5-7-9-11-13-15-17-19-21-22-24-26-28-30-32-34-36-38-40-49(60)70-45(42-67-48(59)39-37-35-33-31-29-27-25-23-20-18-16-14-12-10-8-6-4-2)43-68-56-55(66)53(64)51(62)47(72-56)44-69-57-54(65)52(63)50(61)46(41-58)71-57/h6,8,11-14,17-20,22,24-25,27-28,30-31,33,45-47,50-58,61-66H,3-5,7,9-10,15-16,21,23,26,29,32,34-44H2,1-2H3/b8-6+,13-11+,14-12+,19-17+,20-18+,24-22+,27-25+,30-28+,33-31+/t45-,46+,47+,50-,51-,52?,53?,54?,55?,56+,57+/m1/s1. The Balaban J connectivity index is 1.85. The average Bonchev–Trinajstić information content (AvgIpc) is 3.37. The third-order valence-corrected chi connectivity index (χ3v) is 11.7. The molecular weight excluding hydrogens is 925 g/mol. The molecule has 15 heteroatoms. The van der Waals surface area contributed by atoms with Gasteiger partial charge in [0.25, 0.3) is 0 Å². The molecule has 2 aliphatic rings. The van der Waals surface area contributed by atoms with Crippen LogP contribution in [0.15, 0.2) is 109 Å². The summed E-state index contributed by atoms with van der Waals surface area (Å²) in [6.45, 7) is 2.33. The fourth-order valence-corrected chi connectivity index (χ4v) is 7.41. The maximum atomic E-state index is 13.0. The van der Waals surface area contributed by atoms with Crippen LogP contribution in [-0.2, 0) is 38.0 Å². The van der Waals surface area contributed by atoms with Crippen molar-refractivity contribution < 1.29 is 73.8 Å². The Morgan fingerprint density at radius 2 is 0.889 bits per heavy atom. The van der Waals surface area contributed by atoms with Crippen LogP contribution in [0.1, 0.15) is 142 Å². The molecule has 0 spiro atoms. The van der Waals surface area contributed by atoms with Crippen molar-refractivity contribution in [1.82, 2.24) is 0 Å². The van der Waals surface area contributed by atoms with Gasteiger partial charge in [0.05, 0.1) is 19.8 Å². The van der Waals surface area contributed by atoms with Gasteiger partial charge in [-0.1, -0.05) is 142 Å². The Morgan fingerprint density at radius 3 is 1.39 bits per heavy atom. The molecule has 0 aromatic carbocycles. The van der Waals surface area contributed by atoms with E-state index in [2.05, 4.69) is 111 Å². The van der Waals surface area contributed by atoms with Crippen LogP contribution in [0.4, 0.5) is 0 Å². The maximum absolute atomic E-state index is 13.0. The number of carbonyl (C=O) groups is 2. The normalized spacial score (nSPS) is 25.9. The number of aliphatic hydroxyl groups is 7. The van der Waals surface area contributed by atoms with Gasteiger partial charge in [0.15, 0.2) is 18.7 Å². The first-order valence-electron chi connectivity index (χ1n) is 26.5. The Bertz CT molecular complexity index is 1660. The van der Waals surface area contributed by atoms with Crippen LogP contribution in [0.25, 0.3) is 0 Å². The summed E-state index contributed by atoms with van der Waals surface area (Å²) in [4.78, 5) is 25.8. The van der Waals surface area contributed by atoms with Gasteiger partial charge in [-0.3, -0.25) is 9.59 Å². The highest BCUT2D eigenvalue weighted by Gasteiger charge is 2.47. The Labute approximate surface area is 430 Å². The molecule has 15 nitrogen and oxygen atoms in total. The van der Waals surface area contributed by atoms with Gasteiger partial charge in [0.1, 0.15) is 55.4 Å². The van der Waals surface area contributed by atoms with Gasteiger partial charge in [-0.2, -0.15) is 0 Å². The minimum absolute atomic E-state index is 0.108. The molecule has 0 aliphatic carbocycles. The highest BCUT2D eigenvalue weighted by molar-refractivity contribution is 5.70. The summed E-state index contributed by atoms with van der Waals surface area (Å²) in [5, 5.41) is 72.1. The zero-order valence-corrected chi connectivity index (χ0v) is 43.1. The molecule has 2 fully saturated rings. The van der Waals surface area contributed by atoms with Crippen molar-refractivity contribution in [3.8, 4) is 0 Å². The van der Waals surface area contributed by atoms with E-state index in [0.29, 0.717) is 19.3 Å². The van der Waals surface area contributed by atoms with Crippen LogP contribution in [0.5, 0.6) is 0 Å². The molecule has 408 valence electrons. The van der Waals surface area contributed by atoms with Crippen LogP contribution < -0.4 is 0 Å². The highest BCUT2D eigenvalue weighted by atomic mass is 16.7. The molecule has 0 amide bonds. The summed E-state index contributed by atoms with van der Waals surface area (Å²) in [5.74, 6) is -1.04. The zero-order chi connectivity index (χ0) is 52.4. The van der Waals surface area contributed by atoms with Crippen LogP contribution in [0, 0.1) is 0 Å². The number of unbranched alkanes of at least 4 members (excludes halogenated alkanes) is 7. The molecule has 4 unspecified atom stereocenters. The lowest BCUT2D eigenvalue weighted by Crippen LogP contribution is -2.61. The van der Waals surface area contributed by atoms with Gasteiger partial charge in [-0.05, 0) is 96.3 Å². The number of ether oxygens (including phenoxy) is 6. The van der Waals surface area contributed by atoms with E-state index in [9.17, 15) is 45.3 Å². The molecule has 72 heavy (non-hydrogen) atoms. The summed E-state index contributed by atoms with van der Waals surface area (Å²) in [5.41, 5.74) is 0. The van der Waals surface area contributed by atoms with E-state index < -0.39 is 99.3 Å². The monoisotopic (exact) mass is 1010 g/mol. The highest BCUT2D eigenvalue weighted by Crippen LogP contribution is 2.26. The van der Waals surface area contributed by atoms with E-state index in [1.54, 1.807) is 0 Å². The Kier molecular flexibility index (Phi) is 37.9. The molecule has 0 saturated carbocycles. The summed E-state index contributed by atoms with van der Waals surface area (Å²) >= 11 is 0. The first-order valence-corrected chi connectivity index (χ1v) is 26.5. The second-order valence-electron chi connectivity index (χ2n) is 18.0. The number of aliphatic hydroxyl groups excluding tert-OH is 7. The average molecular weight is 1020 g/mol. The van der Waals surface area contributed by atoms with Gasteiger partial charge in [0.2, 0.25) is 0 Å². The van der Waals surface area contributed by atoms with Gasteiger partial charge in [0, 0.05) is 12.8 Å². The summed E-state index contributed by atoms with van der Waals surface area (Å²) in [7, 11) is 0. The van der Waals surface area contributed by atoms with Crippen molar-refractivity contribution in [2.45, 2.75) is 210 Å². The minimum Gasteiger partial charge on any atom is -0.462 e. The molecule has 0 aromatic rings. The van der Waals surface area contributed by atoms with Crippen molar-refractivity contribution in [3.05, 3.63) is 109 Å². The van der Waals surface area contributed by atoms with Gasteiger partial charge in [-0.15, -0.1) is 0 Å². The van der Waals surface area contributed by atoms with Crippen LogP contribution in [0.2, 0.25) is 0 Å². The third kappa shape index (κ3) is 29.8. The molecule has 0 aromatic heterocycles. The van der Waals surface area contributed by atoms with E-state index >= 15 is 0 Å². The molecule has 0 bridgehead atoms. The molecule has 2 aliphatic heterocycles. The van der Waals surface area contributed by atoms with Crippen molar-refractivity contribution in [3.63, 3.8) is 0 Å². The van der Waals surface area contributed by atoms with Crippen molar-refractivity contribution in [2.75, 3.05) is 26.4 Å². The SMILES string of the molecule is CC/C=C/C/C=C/C/C=C/C/C=C/C/C=C/CCCC(=O)OC[C@H](CO[C@H]1O[C@@H](CO[C@H]2O[C@@H](CO)[C@@H](O)C(O)C2O)[C@@H](O)C(O)C1O)OC(=O)CCCCC/C=C/C/C=C/C/C=C/C/C=C/CCCCC. The largest absolute Gasteiger partial charge is 0.462 e. The topological polar surface area (TPSA) is 231 Å². The van der Waals surface area contributed by atoms with Gasteiger partial charge < -0.3 is 64.2 Å². The number of allylic oxidation sites excluding steroid dienone is 18. The van der Waals surface area contributed by atoms with Crippen LogP contribution in [-0.4, -0.2) is 142 Å². The quantitative estimate of drug-likeness (QED) is 0.0176. The molecule has 2 heterocycles. The fraction of sp³-hybridized carbons (Fsp3) is 0.649. The summed E-state index contributed by atoms with van der Waals surface area (Å²) < 4.78 is 33.5. The predicted octanol–water partition coefficient (Wildman–Crippen LogP) is 7.93. The smallest absolute Gasteiger partial charge is 0.306 e. The molecule has 11 atom stereocenters. The first-order chi connectivity index (χ1) is 35.0. The second kappa shape index (κ2) is 42.5. The van der Waals surface area contributed by atoms with Crippen LogP contribution >= 0.6 is 0 Å². The molecule has 2 saturated heterocycles. The van der Waals surface area contributed by atoms with Crippen LogP contribution in [0.3, 0.4) is 0 Å². The van der Waals surface area contributed by atoms with Crippen molar-refractivity contribution in [2.24, 2.45) is 0 Å². The van der Waals surface area contributed by atoms with Crippen molar-refractivity contribution in [1.29, 1.82) is 0 Å². The van der Waals surface area contributed by atoms with E-state index in [-0.39, 0.29) is 19.4 Å². The Hall–Kier alpha value is -3.84. The lowest BCUT2D eigenvalue weighted by molar-refractivity contribution is -0.332. The first kappa shape index (κ1) is 64.3. The van der Waals surface area contributed by atoms with E-state index in [1.807, 2.05) is 12.2 Å². The second-order valence-corrected chi connectivity index (χ2v) is 18.0. The van der Waals surface area contributed by atoms with Crippen molar-refractivity contribution >= 4 is 11.9 Å². The Morgan fingerprint density at radius 1 is 0.458 bits per heavy atom. The molecule has 7 N–H and O–H groups in total. The minimum atomic E-state index is -1.79. The van der Waals surface area contributed by atoms with E-state index in [1.165, 1.54) is 19.3 Å². The van der Waals surface area contributed by atoms with Gasteiger partial charge >= 0.3 is 11.9 Å². The number of rotatable bonds is 39. The number of carbonyl (C=O) groups excluding carboxylic acids is 2. The lowest BCUT2D eigenvalue weighted by Gasteiger charge is -2.42. The number of esters is 2.